The number of carboxylic acids is 1. The average Bonchev–Trinajstić information content (AvgIpc) is 2.91. The maximum Gasteiger partial charge on any atom is 0.339 e. The van der Waals surface area contributed by atoms with Crippen LogP contribution >= 0.6 is 11.3 Å². The number of rotatable bonds is 3. The molecule has 1 aliphatic rings. The van der Waals surface area contributed by atoms with Gasteiger partial charge in [0.15, 0.2) is 0 Å². The number of amides is 1. The van der Waals surface area contributed by atoms with Gasteiger partial charge >= 0.3 is 5.97 Å². The number of hydrogen-bond acceptors (Lipinski definition) is 4. The molecule has 0 aromatic carbocycles. The number of anilines is 1. The van der Waals surface area contributed by atoms with Gasteiger partial charge in [-0.3, -0.25) is 9.78 Å². The summed E-state index contributed by atoms with van der Waals surface area (Å²) < 4.78 is 0. The number of thiophene rings is 1. The lowest BCUT2D eigenvalue weighted by atomic mass is 9.72. The summed E-state index contributed by atoms with van der Waals surface area (Å²) in [4.78, 5) is 29.2. The average molecular weight is 358 g/mol. The van der Waals surface area contributed by atoms with E-state index < -0.39 is 5.97 Å². The van der Waals surface area contributed by atoms with Crippen molar-refractivity contribution >= 4 is 28.2 Å². The minimum Gasteiger partial charge on any atom is -0.478 e. The monoisotopic (exact) mass is 358 g/mol. The molecule has 1 unspecified atom stereocenters. The molecule has 0 fully saturated rings. The number of nitrogens with zero attached hydrogens (tertiary/aromatic N) is 1. The Balaban J connectivity index is 1.92. The van der Waals surface area contributed by atoms with Crippen LogP contribution in [-0.2, 0) is 12.8 Å². The Morgan fingerprint density at radius 3 is 2.56 bits per heavy atom. The van der Waals surface area contributed by atoms with E-state index in [2.05, 4.69) is 31.1 Å². The van der Waals surface area contributed by atoms with Crippen molar-refractivity contribution in [2.24, 2.45) is 11.3 Å². The molecule has 25 heavy (non-hydrogen) atoms. The fourth-order valence-corrected chi connectivity index (χ4v) is 4.63. The summed E-state index contributed by atoms with van der Waals surface area (Å²) in [6, 6.07) is 3.22. The number of aromatic carboxylic acids is 1. The Hall–Kier alpha value is -2.21. The number of carboxylic acid groups (broad SMARTS) is 1. The first-order valence-electron chi connectivity index (χ1n) is 8.36. The fourth-order valence-electron chi connectivity index (χ4n) is 3.32. The molecular weight excluding hydrogens is 336 g/mol. The van der Waals surface area contributed by atoms with Crippen LogP contribution in [0.4, 0.5) is 5.00 Å². The highest BCUT2D eigenvalue weighted by Crippen LogP contribution is 2.44. The summed E-state index contributed by atoms with van der Waals surface area (Å²) >= 11 is 1.40. The molecular formula is C19H22N2O3S. The fraction of sp³-hybridized carbons (Fsp3) is 0.421. The standard InChI is InChI=1S/C19H22N2O3S/c1-19(2,3)12-4-5-13-14(10-12)25-17(15(13)18(23)24)21-16(22)11-6-8-20-9-7-11/h6-9,12H,4-5,10H2,1-3H3,(H,21,22)(H,23,24). The molecule has 1 atom stereocenters. The molecule has 2 aromatic rings. The quantitative estimate of drug-likeness (QED) is 0.860. The van der Waals surface area contributed by atoms with E-state index in [0.717, 1.165) is 29.7 Å². The van der Waals surface area contributed by atoms with Gasteiger partial charge in [0.25, 0.3) is 5.91 Å². The number of hydrogen-bond donors (Lipinski definition) is 2. The minimum absolute atomic E-state index is 0.186. The van der Waals surface area contributed by atoms with Crippen LogP contribution in [-0.4, -0.2) is 22.0 Å². The zero-order valence-corrected chi connectivity index (χ0v) is 15.4. The second-order valence-corrected chi connectivity index (χ2v) is 8.61. The summed E-state index contributed by atoms with van der Waals surface area (Å²) in [5.74, 6) is -0.767. The largest absolute Gasteiger partial charge is 0.478 e. The van der Waals surface area contributed by atoms with Crippen LogP contribution in [0.1, 0.15) is 58.3 Å². The van der Waals surface area contributed by atoms with Gasteiger partial charge in [-0.05, 0) is 48.3 Å². The predicted molar refractivity (Wildman–Crippen MR) is 98.4 cm³/mol. The first-order chi connectivity index (χ1) is 11.8. The molecule has 2 heterocycles. The van der Waals surface area contributed by atoms with Crippen molar-refractivity contribution in [3.63, 3.8) is 0 Å². The van der Waals surface area contributed by atoms with E-state index >= 15 is 0 Å². The maximum atomic E-state index is 12.4. The normalized spacial score (nSPS) is 17.0. The van der Waals surface area contributed by atoms with Crippen molar-refractivity contribution in [3.05, 3.63) is 46.1 Å². The van der Waals surface area contributed by atoms with Gasteiger partial charge in [-0.25, -0.2) is 4.79 Å². The molecule has 0 aliphatic heterocycles. The second-order valence-electron chi connectivity index (χ2n) is 7.51. The predicted octanol–water partition coefficient (Wildman–Crippen LogP) is 4.24. The van der Waals surface area contributed by atoms with Crippen molar-refractivity contribution in [1.29, 1.82) is 0 Å². The third kappa shape index (κ3) is 3.58. The molecule has 3 rings (SSSR count). The van der Waals surface area contributed by atoms with Gasteiger partial charge in [0, 0.05) is 22.8 Å². The van der Waals surface area contributed by atoms with Crippen LogP contribution in [0.3, 0.4) is 0 Å². The number of fused-ring (bicyclic) bond motifs is 1. The lowest BCUT2D eigenvalue weighted by molar-refractivity contribution is 0.0696. The van der Waals surface area contributed by atoms with Gasteiger partial charge < -0.3 is 10.4 Å². The Morgan fingerprint density at radius 2 is 1.96 bits per heavy atom. The van der Waals surface area contributed by atoms with E-state index in [-0.39, 0.29) is 16.9 Å². The SMILES string of the molecule is CC(C)(C)C1CCc2c(sc(NC(=O)c3ccncc3)c2C(=O)O)C1. The van der Waals surface area contributed by atoms with Crippen LogP contribution in [0.25, 0.3) is 0 Å². The molecule has 6 heteroatoms. The number of carbonyl (C=O) groups excluding carboxylic acids is 1. The van der Waals surface area contributed by atoms with Gasteiger partial charge in [-0.2, -0.15) is 0 Å². The third-order valence-corrected chi connectivity index (χ3v) is 6.04. The summed E-state index contributed by atoms with van der Waals surface area (Å²) in [5, 5.41) is 12.9. The summed E-state index contributed by atoms with van der Waals surface area (Å²) in [7, 11) is 0. The highest BCUT2D eigenvalue weighted by atomic mass is 32.1. The van der Waals surface area contributed by atoms with Crippen molar-refractivity contribution < 1.29 is 14.7 Å². The van der Waals surface area contributed by atoms with Crippen molar-refractivity contribution in [1.82, 2.24) is 4.98 Å². The molecule has 0 spiro atoms. The van der Waals surface area contributed by atoms with Crippen molar-refractivity contribution in [3.8, 4) is 0 Å². The molecule has 2 aromatic heterocycles. The lowest BCUT2D eigenvalue weighted by Crippen LogP contribution is -2.26. The van der Waals surface area contributed by atoms with Crippen LogP contribution in [0, 0.1) is 11.3 Å². The number of carbonyl (C=O) groups is 2. The Bertz CT molecular complexity index is 806. The van der Waals surface area contributed by atoms with E-state index in [0.29, 0.717) is 16.5 Å². The van der Waals surface area contributed by atoms with Crippen LogP contribution in [0.2, 0.25) is 0 Å². The lowest BCUT2D eigenvalue weighted by Gasteiger charge is -2.33. The summed E-state index contributed by atoms with van der Waals surface area (Å²) in [5.41, 5.74) is 1.80. The first-order valence-corrected chi connectivity index (χ1v) is 9.18. The van der Waals surface area contributed by atoms with Crippen molar-refractivity contribution in [2.45, 2.75) is 40.0 Å². The van der Waals surface area contributed by atoms with Gasteiger partial charge in [0.2, 0.25) is 0 Å². The zero-order valence-electron chi connectivity index (χ0n) is 14.6. The van der Waals surface area contributed by atoms with E-state index in [1.807, 2.05) is 0 Å². The number of nitrogens with one attached hydrogen (secondary N) is 1. The topological polar surface area (TPSA) is 79.3 Å². The summed E-state index contributed by atoms with van der Waals surface area (Å²) in [6.45, 7) is 6.67. The molecule has 1 amide bonds. The summed E-state index contributed by atoms with van der Waals surface area (Å²) in [6.07, 6.45) is 5.68. The van der Waals surface area contributed by atoms with Gasteiger partial charge in [-0.1, -0.05) is 20.8 Å². The highest BCUT2D eigenvalue weighted by Gasteiger charge is 2.34. The Kier molecular flexibility index (Phi) is 4.64. The van der Waals surface area contributed by atoms with E-state index in [1.165, 1.54) is 11.3 Å². The van der Waals surface area contributed by atoms with E-state index in [4.69, 9.17) is 0 Å². The first kappa shape index (κ1) is 17.6. The maximum absolute atomic E-state index is 12.4. The van der Waals surface area contributed by atoms with Crippen LogP contribution in [0.5, 0.6) is 0 Å². The highest BCUT2D eigenvalue weighted by molar-refractivity contribution is 7.17. The van der Waals surface area contributed by atoms with E-state index in [1.54, 1.807) is 24.5 Å². The molecule has 0 radical (unpaired) electrons. The number of aromatic nitrogens is 1. The molecule has 0 bridgehead atoms. The molecule has 0 saturated heterocycles. The van der Waals surface area contributed by atoms with Crippen LogP contribution in [0.15, 0.2) is 24.5 Å². The zero-order chi connectivity index (χ0) is 18.2. The Labute approximate surface area is 151 Å². The minimum atomic E-state index is -0.975. The van der Waals surface area contributed by atoms with Crippen LogP contribution < -0.4 is 5.32 Å². The van der Waals surface area contributed by atoms with Gasteiger partial charge in [0.05, 0.1) is 5.56 Å². The van der Waals surface area contributed by atoms with Crippen molar-refractivity contribution in [2.75, 3.05) is 5.32 Å². The number of pyridine rings is 1. The second kappa shape index (κ2) is 6.59. The molecule has 0 saturated carbocycles. The van der Waals surface area contributed by atoms with E-state index in [9.17, 15) is 14.7 Å². The Morgan fingerprint density at radius 1 is 1.28 bits per heavy atom. The smallest absolute Gasteiger partial charge is 0.339 e. The molecule has 1 aliphatic carbocycles. The molecule has 5 nitrogen and oxygen atoms in total. The van der Waals surface area contributed by atoms with Gasteiger partial charge in [0.1, 0.15) is 5.00 Å². The third-order valence-electron chi connectivity index (χ3n) is 4.87. The molecule has 2 N–H and O–H groups in total. The van der Waals surface area contributed by atoms with Gasteiger partial charge in [-0.15, -0.1) is 11.3 Å². The molecule has 132 valence electrons.